The number of rotatable bonds is 3. The monoisotopic (exact) mass is 215 g/mol. The molecule has 0 spiro atoms. The molecule has 0 bridgehead atoms. The van der Waals surface area contributed by atoms with Gasteiger partial charge in [0, 0.05) is 5.25 Å². The molecule has 0 aromatic carbocycles. The molecule has 1 nitrogen and oxygen atoms in total. The van der Waals surface area contributed by atoms with Gasteiger partial charge in [0.2, 0.25) is 0 Å². The van der Waals surface area contributed by atoms with Gasteiger partial charge in [-0.1, -0.05) is 34.6 Å². The first kappa shape index (κ1) is 12.4. The first-order chi connectivity index (χ1) is 6.52. The van der Waals surface area contributed by atoms with Gasteiger partial charge in [-0.15, -0.1) is 11.8 Å². The van der Waals surface area contributed by atoms with Gasteiger partial charge in [-0.3, -0.25) is 0 Å². The number of nitrogens with one attached hydrogen (secondary N) is 1. The number of hydrogen-bond acceptors (Lipinski definition) is 2. The lowest BCUT2D eigenvalue weighted by atomic mass is 9.85. The maximum absolute atomic E-state index is 3.68. The molecule has 2 unspecified atom stereocenters. The molecule has 0 amide bonds. The molecule has 1 N–H and O–H groups in total. The van der Waals surface area contributed by atoms with Crippen molar-refractivity contribution in [2.45, 2.75) is 51.7 Å². The third kappa shape index (κ3) is 3.16. The average Bonchev–Trinajstić information content (AvgIpc) is 2.02. The molecule has 0 saturated carbocycles. The van der Waals surface area contributed by atoms with E-state index in [1.807, 2.05) is 0 Å². The van der Waals surface area contributed by atoms with E-state index in [1.54, 1.807) is 0 Å². The van der Waals surface area contributed by atoms with E-state index in [2.05, 4.69) is 51.7 Å². The minimum atomic E-state index is 0.679. The van der Waals surface area contributed by atoms with Crippen LogP contribution in [0.1, 0.15) is 41.0 Å². The Morgan fingerprint density at radius 3 is 2.14 bits per heavy atom. The fraction of sp³-hybridized carbons (Fsp3) is 1.00. The van der Waals surface area contributed by atoms with Crippen LogP contribution in [0.25, 0.3) is 0 Å². The predicted octanol–water partition coefficient (Wildman–Crippen LogP) is 3.36. The molecule has 0 aromatic heterocycles. The van der Waals surface area contributed by atoms with Crippen LogP contribution in [0.15, 0.2) is 0 Å². The lowest BCUT2D eigenvalue weighted by molar-refractivity contribution is 0.254. The maximum Gasteiger partial charge on any atom is 0.0568 e. The lowest BCUT2D eigenvalue weighted by Gasteiger charge is -2.38. The van der Waals surface area contributed by atoms with Crippen LogP contribution in [0.2, 0.25) is 0 Å². The quantitative estimate of drug-likeness (QED) is 0.775. The van der Waals surface area contributed by atoms with Gasteiger partial charge in [-0.05, 0) is 30.7 Å². The van der Waals surface area contributed by atoms with Crippen molar-refractivity contribution in [3.05, 3.63) is 0 Å². The summed E-state index contributed by atoms with van der Waals surface area (Å²) in [4.78, 5) is 0. The van der Waals surface area contributed by atoms with Crippen molar-refractivity contribution in [2.75, 3.05) is 6.54 Å². The van der Waals surface area contributed by atoms with Gasteiger partial charge in [0.25, 0.3) is 0 Å². The van der Waals surface area contributed by atoms with Gasteiger partial charge < -0.3 is 5.32 Å². The third-order valence-corrected chi connectivity index (χ3v) is 4.64. The maximum atomic E-state index is 3.68. The van der Waals surface area contributed by atoms with Gasteiger partial charge in [-0.2, -0.15) is 0 Å². The summed E-state index contributed by atoms with van der Waals surface area (Å²) in [6.07, 6.45) is 1.32. The zero-order valence-corrected chi connectivity index (χ0v) is 11.0. The van der Waals surface area contributed by atoms with Crippen molar-refractivity contribution in [1.82, 2.24) is 5.32 Å². The molecule has 2 heteroatoms. The minimum absolute atomic E-state index is 0.679. The molecular formula is C12H25NS. The Balaban J connectivity index is 2.58. The van der Waals surface area contributed by atoms with Crippen LogP contribution in [0.3, 0.4) is 0 Å². The lowest BCUT2D eigenvalue weighted by Crippen LogP contribution is -2.43. The van der Waals surface area contributed by atoms with Crippen molar-refractivity contribution in [1.29, 1.82) is 0 Å². The highest BCUT2D eigenvalue weighted by atomic mass is 32.2. The molecule has 0 aliphatic carbocycles. The summed E-state index contributed by atoms with van der Waals surface area (Å²) in [7, 11) is 0. The highest BCUT2D eigenvalue weighted by Gasteiger charge is 2.30. The second-order valence-electron chi connectivity index (χ2n) is 5.18. The summed E-state index contributed by atoms with van der Waals surface area (Å²) in [5.74, 6) is 2.37. The second kappa shape index (κ2) is 5.41. The van der Waals surface area contributed by atoms with Crippen molar-refractivity contribution in [2.24, 2.45) is 17.8 Å². The van der Waals surface area contributed by atoms with Gasteiger partial charge >= 0.3 is 0 Å². The highest BCUT2D eigenvalue weighted by Crippen LogP contribution is 2.35. The van der Waals surface area contributed by atoms with E-state index < -0.39 is 0 Å². The molecule has 1 aliphatic heterocycles. The van der Waals surface area contributed by atoms with Crippen LogP contribution in [0, 0.1) is 17.8 Å². The molecule has 1 heterocycles. The molecule has 2 atom stereocenters. The first-order valence-electron chi connectivity index (χ1n) is 5.91. The minimum Gasteiger partial charge on any atom is -0.305 e. The van der Waals surface area contributed by atoms with E-state index in [9.17, 15) is 0 Å². The molecule has 0 aromatic rings. The van der Waals surface area contributed by atoms with Crippen LogP contribution >= 0.6 is 11.8 Å². The van der Waals surface area contributed by atoms with Crippen LogP contribution in [-0.4, -0.2) is 17.2 Å². The average molecular weight is 215 g/mol. The molecule has 0 radical (unpaired) electrons. The Kier molecular flexibility index (Phi) is 4.78. The second-order valence-corrected chi connectivity index (χ2v) is 6.76. The van der Waals surface area contributed by atoms with Crippen molar-refractivity contribution in [3.63, 3.8) is 0 Å². The Labute approximate surface area is 93.4 Å². The Bertz CT molecular complexity index is 160. The molecule has 1 fully saturated rings. The zero-order chi connectivity index (χ0) is 10.7. The molecule has 84 valence electrons. The van der Waals surface area contributed by atoms with E-state index in [4.69, 9.17) is 0 Å². The SMILES string of the molecule is CC1CCNC(C(C(C)C)C(C)C)S1. The smallest absolute Gasteiger partial charge is 0.0568 e. The van der Waals surface area contributed by atoms with Gasteiger partial charge in [-0.25, -0.2) is 0 Å². The summed E-state index contributed by atoms with van der Waals surface area (Å²) in [6.45, 7) is 13.0. The predicted molar refractivity (Wildman–Crippen MR) is 66.6 cm³/mol. The fourth-order valence-corrected chi connectivity index (χ4v) is 4.27. The highest BCUT2D eigenvalue weighted by molar-refractivity contribution is 8.00. The summed E-state index contributed by atoms with van der Waals surface area (Å²) in [5, 5.41) is 5.19. The van der Waals surface area contributed by atoms with E-state index in [1.165, 1.54) is 13.0 Å². The normalized spacial score (nSPS) is 29.1. The zero-order valence-electron chi connectivity index (χ0n) is 10.2. The Hall–Kier alpha value is 0.310. The summed E-state index contributed by atoms with van der Waals surface area (Å²) >= 11 is 2.14. The molecule has 1 aliphatic rings. The van der Waals surface area contributed by atoms with Gasteiger partial charge in [0.1, 0.15) is 0 Å². The number of hydrogen-bond donors (Lipinski definition) is 1. The number of thioether (sulfide) groups is 1. The van der Waals surface area contributed by atoms with Crippen molar-refractivity contribution < 1.29 is 0 Å². The van der Waals surface area contributed by atoms with Gasteiger partial charge in [0.05, 0.1) is 5.37 Å². The van der Waals surface area contributed by atoms with Crippen molar-refractivity contribution >= 4 is 11.8 Å². The third-order valence-electron chi connectivity index (χ3n) is 3.16. The van der Waals surface area contributed by atoms with E-state index in [0.29, 0.717) is 5.37 Å². The Morgan fingerprint density at radius 1 is 1.14 bits per heavy atom. The summed E-state index contributed by atoms with van der Waals surface area (Å²) < 4.78 is 0. The fourth-order valence-electron chi connectivity index (χ4n) is 2.49. The molecular weight excluding hydrogens is 190 g/mol. The van der Waals surface area contributed by atoms with Crippen LogP contribution < -0.4 is 5.32 Å². The van der Waals surface area contributed by atoms with Crippen LogP contribution in [0.4, 0.5) is 0 Å². The first-order valence-corrected chi connectivity index (χ1v) is 6.85. The molecule has 1 rings (SSSR count). The summed E-state index contributed by atoms with van der Waals surface area (Å²) in [6, 6.07) is 0. The topological polar surface area (TPSA) is 12.0 Å². The van der Waals surface area contributed by atoms with Gasteiger partial charge in [0.15, 0.2) is 0 Å². The van der Waals surface area contributed by atoms with E-state index >= 15 is 0 Å². The van der Waals surface area contributed by atoms with Crippen molar-refractivity contribution in [3.8, 4) is 0 Å². The van der Waals surface area contributed by atoms with Crippen LogP contribution in [-0.2, 0) is 0 Å². The molecule has 1 saturated heterocycles. The Morgan fingerprint density at radius 2 is 1.71 bits per heavy atom. The van der Waals surface area contributed by atoms with E-state index in [-0.39, 0.29) is 0 Å². The van der Waals surface area contributed by atoms with Crippen LogP contribution in [0.5, 0.6) is 0 Å². The standard InChI is InChI=1S/C12H25NS/c1-8(2)11(9(3)4)12-13-7-6-10(5)14-12/h8-13H,6-7H2,1-5H3. The summed E-state index contributed by atoms with van der Waals surface area (Å²) in [5.41, 5.74) is 0. The molecule has 14 heavy (non-hydrogen) atoms. The van der Waals surface area contributed by atoms with E-state index in [0.717, 1.165) is 23.0 Å². The largest absolute Gasteiger partial charge is 0.305 e.